The Bertz CT molecular complexity index is 365. The van der Waals surface area contributed by atoms with Gasteiger partial charge in [-0.1, -0.05) is 5.16 Å². The molecule has 1 aliphatic heterocycles. The molecule has 0 amide bonds. The summed E-state index contributed by atoms with van der Waals surface area (Å²) in [4.78, 5) is 19.0. The van der Waals surface area contributed by atoms with Crippen LogP contribution in [0.2, 0.25) is 0 Å². The van der Waals surface area contributed by atoms with Crippen molar-refractivity contribution >= 4 is 6.29 Å². The van der Waals surface area contributed by atoms with E-state index in [2.05, 4.69) is 27.0 Å². The van der Waals surface area contributed by atoms with Crippen LogP contribution >= 0.6 is 0 Å². The molecule has 0 N–H and O–H groups in total. The number of hydrogen-bond acceptors (Lipinski definition) is 6. The number of rotatable bonds is 2. The number of likely N-dealkylation sites (N-methyl/N-ethyl adjacent to an activating group) is 2. The fourth-order valence-corrected chi connectivity index (χ4v) is 1.98. The number of carbonyl (C=O) groups is 1. The smallest absolute Gasteiger partial charge is 0.290 e. The van der Waals surface area contributed by atoms with Gasteiger partial charge in [0.1, 0.15) is 0 Å². The van der Waals surface area contributed by atoms with Gasteiger partial charge in [-0.2, -0.15) is 4.98 Å². The summed E-state index contributed by atoms with van der Waals surface area (Å²) in [5.41, 5.74) is 0. The lowest BCUT2D eigenvalue weighted by Gasteiger charge is -2.24. The second-order valence-electron chi connectivity index (χ2n) is 4.22. The maximum Gasteiger partial charge on any atom is 0.290 e. The molecule has 1 unspecified atom stereocenters. The standard InChI is InChI=1S/C10H16N4O2/c1-13-4-3-5-14(2)8(6-13)10-11-9(7-15)16-12-10/h7-8H,3-6H2,1-2H3. The Morgan fingerprint density at radius 3 is 2.94 bits per heavy atom. The van der Waals surface area contributed by atoms with E-state index in [0.717, 1.165) is 26.1 Å². The molecule has 0 aromatic carbocycles. The van der Waals surface area contributed by atoms with Crippen LogP contribution in [0.4, 0.5) is 0 Å². The molecule has 0 radical (unpaired) electrons. The van der Waals surface area contributed by atoms with Crippen LogP contribution in [-0.4, -0.2) is 60.0 Å². The van der Waals surface area contributed by atoms with Crippen LogP contribution in [-0.2, 0) is 0 Å². The average Bonchev–Trinajstić information content (AvgIpc) is 2.67. The van der Waals surface area contributed by atoms with Gasteiger partial charge in [0.15, 0.2) is 5.82 Å². The highest BCUT2D eigenvalue weighted by molar-refractivity contribution is 5.66. The normalized spacial score (nSPS) is 24.2. The minimum Gasteiger partial charge on any atom is -0.331 e. The van der Waals surface area contributed by atoms with Crippen LogP contribution in [0.15, 0.2) is 4.52 Å². The molecular weight excluding hydrogens is 208 g/mol. The molecule has 6 heteroatoms. The molecule has 6 nitrogen and oxygen atoms in total. The summed E-state index contributed by atoms with van der Waals surface area (Å²) in [6, 6.07) is 0.102. The van der Waals surface area contributed by atoms with Crippen molar-refractivity contribution in [2.45, 2.75) is 12.5 Å². The van der Waals surface area contributed by atoms with Crippen molar-refractivity contribution in [2.24, 2.45) is 0 Å². The van der Waals surface area contributed by atoms with Crippen LogP contribution in [0, 0.1) is 0 Å². The molecule has 1 aromatic heterocycles. The summed E-state index contributed by atoms with van der Waals surface area (Å²) in [5, 5.41) is 3.85. The third kappa shape index (κ3) is 2.28. The maximum atomic E-state index is 10.5. The molecule has 0 bridgehead atoms. The van der Waals surface area contributed by atoms with Gasteiger partial charge in [-0.05, 0) is 33.6 Å². The number of aldehydes is 1. The fourth-order valence-electron chi connectivity index (χ4n) is 1.98. The average molecular weight is 224 g/mol. The zero-order valence-electron chi connectivity index (χ0n) is 9.59. The Labute approximate surface area is 94.2 Å². The summed E-state index contributed by atoms with van der Waals surface area (Å²) in [5.74, 6) is 0.647. The lowest BCUT2D eigenvalue weighted by Crippen LogP contribution is -2.31. The summed E-state index contributed by atoms with van der Waals surface area (Å²) < 4.78 is 4.82. The molecular formula is C10H16N4O2. The first-order valence-corrected chi connectivity index (χ1v) is 5.38. The number of hydrogen-bond donors (Lipinski definition) is 0. The van der Waals surface area contributed by atoms with Gasteiger partial charge >= 0.3 is 0 Å². The number of carbonyl (C=O) groups excluding carboxylic acids is 1. The van der Waals surface area contributed by atoms with Crippen molar-refractivity contribution < 1.29 is 9.32 Å². The van der Waals surface area contributed by atoms with E-state index in [1.807, 2.05) is 7.05 Å². The van der Waals surface area contributed by atoms with E-state index < -0.39 is 0 Å². The van der Waals surface area contributed by atoms with Gasteiger partial charge in [-0.3, -0.25) is 9.69 Å². The van der Waals surface area contributed by atoms with Crippen molar-refractivity contribution in [2.75, 3.05) is 33.7 Å². The molecule has 0 aliphatic carbocycles. The zero-order valence-corrected chi connectivity index (χ0v) is 9.59. The maximum absolute atomic E-state index is 10.5. The van der Waals surface area contributed by atoms with Crippen LogP contribution in [0.25, 0.3) is 0 Å². The van der Waals surface area contributed by atoms with E-state index in [9.17, 15) is 4.79 Å². The minimum absolute atomic E-state index is 0.0512. The molecule has 0 saturated carbocycles. The van der Waals surface area contributed by atoms with Gasteiger partial charge in [0.25, 0.3) is 5.89 Å². The number of nitrogens with zero attached hydrogens (tertiary/aromatic N) is 4. The predicted octanol–water partition coefficient (Wildman–Crippen LogP) is 0.190. The minimum atomic E-state index is 0.0512. The van der Waals surface area contributed by atoms with Gasteiger partial charge < -0.3 is 9.42 Å². The highest BCUT2D eigenvalue weighted by Gasteiger charge is 2.26. The first-order valence-electron chi connectivity index (χ1n) is 5.38. The first kappa shape index (κ1) is 11.2. The molecule has 16 heavy (non-hydrogen) atoms. The number of aromatic nitrogens is 2. The monoisotopic (exact) mass is 224 g/mol. The molecule has 1 aromatic rings. The highest BCUT2D eigenvalue weighted by atomic mass is 16.5. The third-order valence-electron chi connectivity index (χ3n) is 2.92. The Morgan fingerprint density at radius 1 is 1.44 bits per heavy atom. The van der Waals surface area contributed by atoms with Gasteiger partial charge in [0.2, 0.25) is 6.29 Å². The van der Waals surface area contributed by atoms with E-state index in [4.69, 9.17) is 4.52 Å². The van der Waals surface area contributed by atoms with Crippen LogP contribution < -0.4 is 0 Å². The molecule has 1 saturated heterocycles. The summed E-state index contributed by atoms with van der Waals surface area (Å²) in [6.07, 6.45) is 1.71. The molecule has 0 spiro atoms. The molecule has 2 heterocycles. The van der Waals surface area contributed by atoms with Crippen molar-refractivity contribution in [1.29, 1.82) is 0 Å². The van der Waals surface area contributed by atoms with E-state index in [1.165, 1.54) is 0 Å². The molecule has 1 aliphatic rings. The van der Waals surface area contributed by atoms with E-state index in [1.54, 1.807) is 0 Å². The van der Waals surface area contributed by atoms with Crippen LogP contribution in [0.5, 0.6) is 0 Å². The van der Waals surface area contributed by atoms with Gasteiger partial charge in [-0.15, -0.1) is 0 Å². The van der Waals surface area contributed by atoms with Gasteiger partial charge in [0.05, 0.1) is 6.04 Å². The van der Waals surface area contributed by atoms with Crippen LogP contribution in [0.3, 0.4) is 0 Å². The Morgan fingerprint density at radius 2 is 2.25 bits per heavy atom. The second kappa shape index (κ2) is 4.71. The second-order valence-corrected chi connectivity index (χ2v) is 4.22. The van der Waals surface area contributed by atoms with E-state index in [0.29, 0.717) is 12.1 Å². The van der Waals surface area contributed by atoms with Crippen molar-refractivity contribution in [3.8, 4) is 0 Å². The summed E-state index contributed by atoms with van der Waals surface area (Å²) in [6.45, 7) is 2.92. The Balaban J connectivity index is 2.18. The predicted molar refractivity (Wildman–Crippen MR) is 57.2 cm³/mol. The zero-order chi connectivity index (χ0) is 11.5. The lowest BCUT2D eigenvalue weighted by molar-refractivity contribution is 0.108. The fraction of sp³-hybridized carbons (Fsp3) is 0.700. The molecule has 2 rings (SSSR count). The molecule has 1 atom stereocenters. The topological polar surface area (TPSA) is 62.5 Å². The molecule has 88 valence electrons. The summed E-state index contributed by atoms with van der Waals surface area (Å²) in [7, 11) is 4.12. The Kier molecular flexibility index (Phi) is 3.31. The summed E-state index contributed by atoms with van der Waals surface area (Å²) >= 11 is 0. The Hall–Kier alpha value is -1.27. The SMILES string of the molecule is CN1CCCN(C)C(c2noc(C=O)n2)C1. The lowest BCUT2D eigenvalue weighted by atomic mass is 10.2. The van der Waals surface area contributed by atoms with Crippen molar-refractivity contribution in [3.63, 3.8) is 0 Å². The molecule has 1 fully saturated rings. The largest absolute Gasteiger partial charge is 0.331 e. The first-order chi connectivity index (χ1) is 7.70. The van der Waals surface area contributed by atoms with E-state index in [-0.39, 0.29) is 11.9 Å². The third-order valence-corrected chi connectivity index (χ3v) is 2.92. The van der Waals surface area contributed by atoms with Gasteiger partial charge in [-0.25, -0.2) is 0 Å². The van der Waals surface area contributed by atoms with Gasteiger partial charge in [0, 0.05) is 6.54 Å². The van der Waals surface area contributed by atoms with Crippen molar-refractivity contribution in [3.05, 3.63) is 11.7 Å². The highest BCUT2D eigenvalue weighted by Crippen LogP contribution is 2.20. The van der Waals surface area contributed by atoms with Crippen LogP contribution in [0.1, 0.15) is 29.0 Å². The quantitative estimate of drug-likeness (QED) is 0.668. The van der Waals surface area contributed by atoms with E-state index >= 15 is 0 Å². The van der Waals surface area contributed by atoms with Crippen molar-refractivity contribution in [1.82, 2.24) is 19.9 Å².